The van der Waals surface area contributed by atoms with Gasteiger partial charge in [-0.1, -0.05) is 56.2 Å². The Morgan fingerprint density at radius 2 is 1.28 bits per heavy atom. The highest BCUT2D eigenvalue weighted by atomic mass is 32.3. The van der Waals surface area contributed by atoms with Crippen molar-refractivity contribution in [2.75, 3.05) is 28.3 Å². The van der Waals surface area contributed by atoms with Gasteiger partial charge in [-0.05, 0) is 38.8 Å². The van der Waals surface area contributed by atoms with Gasteiger partial charge in [0.15, 0.2) is 0 Å². The first-order chi connectivity index (χ1) is 15.2. The number of anilines is 1. The summed E-state index contributed by atoms with van der Waals surface area (Å²) in [6, 6.07) is 10.2. The highest BCUT2D eigenvalue weighted by Gasteiger charge is 2.34. The highest BCUT2D eigenvalue weighted by molar-refractivity contribution is 8.10. The molecule has 0 atom stereocenters. The van der Waals surface area contributed by atoms with E-state index in [-0.39, 0.29) is 17.2 Å². The van der Waals surface area contributed by atoms with E-state index in [1.165, 1.54) is 6.07 Å². The number of rotatable bonds is 13. The number of sulfonamides is 2. The van der Waals surface area contributed by atoms with Crippen molar-refractivity contribution in [3.8, 4) is 0 Å². The van der Waals surface area contributed by atoms with Crippen LogP contribution in [0.1, 0.15) is 53.4 Å². The van der Waals surface area contributed by atoms with E-state index >= 15 is 0 Å². The molecule has 0 aromatic heterocycles. The van der Waals surface area contributed by atoms with E-state index in [0.717, 1.165) is 0 Å². The molecule has 0 heterocycles. The summed E-state index contributed by atoms with van der Waals surface area (Å²) in [6.45, 7) is 9.10. The molecule has 0 aliphatic heterocycles. The van der Waals surface area contributed by atoms with Crippen LogP contribution in [0.3, 0.4) is 0 Å². The van der Waals surface area contributed by atoms with Crippen molar-refractivity contribution < 1.29 is 16.8 Å². The molecule has 0 radical (unpaired) electrons. The van der Waals surface area contributed by atoms with Crippen LogP contribution in [0.5, 0.6) is 0 Å². The molecule has 32 heavy (non-hydrogen) atoms. The summed E-state index contributed by atoms with van der Waals surface area (Å²) >= 11 is 0. The molecule has 0 N–H and O–H groups in total. The summed E-state index contributed by atoms with van der Waals surface area (Å²) in [5.41, 5.74) is 0.683. The minimum atomic E-state index is -4.08. The summed E-state index contributed by atoms with van der Waals surface area (Å²) in [4.78, 5) is 0. The van der Waals surface area contributed by atoms with Crippen molar-refractivity contribution in [1.29, 1.82) is 0 Å². The topological polar surface area (TPSA) is 99.5 Å². The maximum Gasteiger partial charge on any atom is 0.248 e. The first-order valence-electron chi connectivity index (χ1n) is 11.2. The lowest BCUT2D eigenvalue weighted by Crippen LogP contribution is -2.40. The molecule has 0 saturated heterocycles. The van der Waals surface area contributed by atoms with Crippen LogP contribution in [0.15, 0.2) is 46.7 Å². The van der Waals surface area contributed by atoms with E-state index in [4.69, 9.17) is 0 Å². The average Bonchev–Trinajstić information content (AvgIpc) is 2.78. The molecule has 10 heteroatoms. The van der Waals surface area contributed by atoms with E-state index in [9.17, 15) is 16.8 Å². The Kier molecular flexibility index (Phi) is 9.45. The summed E-state index contributed by atoms with van der Waals surface area (Å²) in [5, 5.41) is 11.5. The standard InChI is InChI=1S/C22H34N4O4S2/c1-5-9-17-31(27,28)26(32(29,30)18-10-6-2)22-16-15-21(23-24-25(7-3)8-4)19-13-11-12-14-20(19)22/h11-16H,5-10,17-18H2,1-4H3. The zero-order chi connectivity index (χ0) is 23.8. The Morgan fingerprint density at radius 1 is 0.750 bits per heavy atom. The largest absolute Gasteiger partial charge is 0.279 e. The lowest BCUT2D eigenvalue weighted by Gasteiger charge is -2.25. The normalized spacial score (nSPS) is 12.5. The Labute approximate surface area is 192 Å². The number of nitrogens with zero attached hydrogens (tertiary/aromatic N) is 4. The Bertz CT molecular complexity index is 1090. The second-order valence-electron chi connectivity index (χ2n) is 7.51. The van der Waals surface area contributed by atoms with Crippen LogP contribution in [0.2, 0.25) is 0 Å². The fraction of sp³-hybridized carbons (Fsp3) is 0.545. The third-order valence-electron chi connectivity index (χ3n) is 5.10. The summed E-state index contributed by atoms with van der Waals surface area (Å²) in [7, 11) is -8.16. The summed E-state index contributed by atoms with van der Waals surface area (Å²) in [5.74, 6) is -0.459. The third-order valence-corrected chi connectivity index (χ3v) is 9.48. The number of fused-ring (bicyclic) bond motifs is 1. The van der Waals surface area contributed by atoms with Gasteiger partial charge in [-0.15, -0.1) is 5.11 Å². The van der Waals surface area contributed by atoms with Gasteiger partial charge in [-0.2, -0.15) is 3.71 Å². The molecule has 0 spiro atoms. The second-order valence-corrected chi connectivity index (χ2v) is 11.6. The van der Waals surface area contributed by atoms with Crippen molar-refractivity contribution in [2.45, 2.75) is 53.4 Å². The Balaban J connectivity index is 2.70. The zero-order valence-electron chi connectivity index (χ0n) is 19.4. The van der Waals surface area contributed by atoms with Crippen molar-refractivity contribution in [3.63, 3.8) is 0 Å². The molecule has 2 aromatic rings. The smallest absolute Gasteiger partial charge is 0.248 e. The van der Waals surface area contributed by atoms with Gasteiger partial charge >= 0.3 is 0 Å². The molecule has 2 aromatic carbocycles. The average molecular weight is 483 g/mol. The fourth-order valence-electron chi connectivity index (χ4n) is 3.27. The lowest BCUT2D eigenvalue weighted by molar-refractivity contribution is 0.301. The van der Waals surface area contributed by atoms with Gasteiger partial charge in [0, 0.05) is 23.9 Å². The van der Waals surface area contributed by atoms with Gasteiger partial charge in [0.1, 0.15) is 0 Å². The molecule has 0 aliphatic carbocycles. The van der Waals surface area contributed by atoms with E-state index in [0.29, 0.717) is 58.9 Å². The van der Waals surface area contributed by atoms with Gasteiger partial charge in [-0.25, -0.2) is 16.8 Å². The van der Waals surface area contributed by atoms with Gasteiger partial charge in [0.05, 0.1) is 22.9 Å². The van der Waals surface area contributed by atoms with E-state index in [1.54, 1.807) is 29.3 Å². The molecule has 0 saturated carbocycles. The highest BCUT2D eigenvalue weighted by Crippen LogP contribution is 2.37. The molecule has 0 fully saturated rings. The van der Waals surface area contributed by atoms with E-state index in [2.05, 4.69) is 10.3 Å². The molecular formula is C22H34N4O4S2. The van der Waals surface area contributed by atoms with Crippen LogP contribution in [0.25, 0.3) is 10.8 Å². The first kappa shape index (κ1) is 26.1. The SMILES string of the molecule is CCCCS(=O)(=O)N(c1ccc(N=NN(CC)CC)c2ccccc12)S(=O)(=O)CCCC. The second kappa shape index (κ2) is 11.6. The third kappa shape index (κ3) is 6.19. The van der Waals surface area contributed by atoms with Gasteiger partial charge in [-0.3, -0.25) is 5.01 Å². The van der Waals surface area contributed by atoms with Crippen LogP contribution in [0.4, 0.5) is 11.4 Å². The minimum absolute atomic E-state index is 0.134. The molecule has 178 valence electrons. The number of unbranched alkanes of at least 4 members (excludes halogenated alkanes) is 2. The maximum atomic E-state index is 13.2. The van der Waals surface area contributed by atoms with Crippen molar-refractivity contribution in [3.05, 3.63) is 36.4 Å². The molecule has 8 nitrogen and oxygen atoms in total. The minimum Gasteiger partial charge on any atom is -0.279 e. The van der Waals surface area contributed by atoms with Gasteiger partial charge in [0.2, 0.25) is 20.0 Å². The van der Waals surface area contributed by atoms with Crippen LogP contribution in [0, 0.1) is 0 Å². The van der Waals surface area contributed by atoms with Crippen LogP contribution in [-0.2, 0) is 20.0 Å². The Hall–Kier alpha value is -2.20. The fourth-order valence-corrected chi connectivity index (χ4v) is 7.65. The van der Waals surface area contributed by atoms with E-state index in [1.807, 2.05) is 33.8 Å². The predicted octanol–water partition coefficient (Wildman–Crippen LogP) is 5.25. The summed E-state index contributed by atoms with van der Waals surface area (Å²) < 4.78 is 53.5. The van der Waals surface area contributed by atoms with Gasteiger partial charge in [0.25, 0.3) is 0 Å². The lowest BCUT2D eigenvalue weighted by atomic mass is 10.1. The number of hydrogen-bond donors (Lipinski definition) is 0. The van der Waals surface area contributed by atoms with Gasteiger partial charge < -0.3 is 0 Å². The molecule has 0 bridgehead atoms. The summed E-state index contributed by atoms with van der Waals surface area (Å²) in [6.07, 6.45) is 2.06. The molecular weight excluding hydrogens is 448 g/mol. The van der Waals surface area contributed by atoms with Crippen molar-refractivity contribution in [1.82, 2.24) is 5.01 Å². The predicted molar refractivity (Wildman–Crippen MR) is 131 cm³/mol. The van der Waals surface area contributed by atoms with Crippen molar-refractivity contribution >= 4 is 42.2 Å². The van der Waals surface area contributed by atoms with Crippen LogP contribution >= 0.6 is 0 Å². The monoisotopic (exact) mass is 482 g/mol. The Morgan fingerprint density at radius 3 is 1.78 bits per heavy atom. The maximum absolute atomic E-state index is 13.2. The van der Waals surface area contributed by atoms with Crippen molar-refractivity contribution in [2.24, 2.45) is 10.3 Å². The molecule has 0 amide bonds. The molecule has 0 unspecified atom stereocenters. The quantitative estimate of drug-likeness (QED) is 0.287. The molecule has 2 rings (SSSR count). The molecule has 0 aliphatic rings. The zero-order valence-corrected chi connectivity index (χ0v) is 21.0. The van der Waals surface area contributed by atoms with Crippen LogP contribution in [-0.4, -0.2) is 46.4 Å². The number of benzene rings is 2. The first-order valence-corrected chi connectivity index (χ1v) is 14.4. The number of hydrogen-bond acceptors (Lipinski definition) is 6. The van der Waals surface area contributed by atoms with E-state index < -0.39 is 20.0 Å². The van der Waals surface area contributed by atoms with Crippen LogP contribution < -0.4 is 3.71 Å².